The van der Waals surface area contributed by atoms with Gasteiger partial charge in [-0.25, -0.2) is 0 Å². The van der Waals surface area contributed by atoms with Gasteiger partial charge in [-0.05, 0) is 38.5 Å². The molecule has 0 aromatic carbocycles. The van der Waals surface area contributed by atoms with Gasteiger partial charge >= 0.3 is 10.4 Å². The van der Waals surface area contributed by atoms with E-state index in [0.29, 0.717) is 5.84 Å². The first-order valence-corrected chi connectivity index (χ1v) is 13.7. The maximum absolute atomic E-state index is 12.3. The van der Waals surface area contributed by atoms with Gasteiger partial charge in [0.2, 0.25) is 0 Å². The van der Waals surface area contributed by atoms with Crippen LogP contribution in [0.3, 0.4) is 0 Å². The van der Waals surface area contributed by atoms with Gasteiger partial charge < -0.3 is 5.32 Å². The van der Waals surface area contributed by atoms with Crippen LogP contribution < -0.4 is 5.32 Å². The molecule has 1 aliphatic heterocycles. The highest BCUT2D eigenvalue weighted by atomic mass is 32.3. The largest absolute Gasteiger partial charge is 0.397 e. The summed E-state index contributed by atoms with van der Waals surface area (Å²) in [7, 11) is -3.29. The lowest BCUT2D eigenvalue weighted by Crippen LogP contribution is -2.32. The zero-order valence-electron chi connectivity index (χ0n) is 20.5. The lowest BCUT2D eigenvalue weighted by molar-refractivity contribution is -0.117. The predicted octanol–water partition coefficient (Wildman–Crippen LogP) is 5.67. The summed E-state index contributed by atoms with van der Waals surface area (Å²) in [6.07, 6.45) is 22.4. The number of aliphatic imine (C=N–C) groups is 1. The number of rotatable bonds is 18. The fraction of sp³-hybridized carbons (Fsp3) is 0.833. The van der Waals surface area contributed by atoms with Crippen molar-refractivity contribution in [2.45, 2.75) is 104 Å². The van der Waals surface area contributed by atoms with Gasteiger partial charge in [-0.3, -0.25) is 18.5 Å². The molecule has 8 heteroatoms. The second-order valence-electron chi connectivity index (χ2n) is 8.24. The fourth-order valence-electron chi connectivity index (χ4n) is 3.56. The number of hydrogen-bond donors (Lipinski definition) is 2. The van der Waals surface area contributed by atoms with Crippen LogP contribution in [0.4, 0.5) is 0 Å². The number of allylic oxidation sites excluding steroid dienone is 2. The number of amidine groups is 1. The first-order valence-electron chi connectivity index (χ1n) is 12.4. The minimum atomic E-state index is -4.16. The first-order chi connectivity index (χ1) is 15.4. The summed E-state index contributed by atoms with van der Waals surface area (Å²) in [4.78, 5) is 16.6. The number of nitrogens with zero attached hydrogens (tertiary/aromatic N) is 1. The maximum atomic E-state index is 12.3. The lowest BCUT2D eigenvalue weighted by Gasteiger charge is -2.13. The Bertz CT molecular complexity index is 632. The van der Waals surface area contributed by atoms with Crippen molar-refractivity contribution in [3.63, 3.8) is 0 Å². The van der Waals surface area contributed by atoms with E-state index in [9.17, 15) is 13.2 Å². The van der Waals surface area contributed by atoms with Crippen LogP contribution in [0.25, 0.3) is 0 Å². The Balaban J connectivity index is 0.00000140. The molecule has 188 valence electrons. The van der Waals surface area contributed by atoms with Crippen LogP contribution in [0.15, 0.2) is 17.1 Å². The van der Waals surface area contributed by atoms with E-state index in [0.717, 1.165) is 33.0 Å². The number of carbonyl (C=O) groups excluding carboxylic acids is 1. The third-order valence-corrected chi connectivity index (χ3v) is 5.97. The molecule has 0 saturated carbocycles. The van der Waals surface area contributed by atoms with E-state index in [1.807, 2.05) is 0 Å². The quantitative estimate of drug-likeness (QED) is 0.151. The minimum absolute atomic E-state index is 0.163. The second-order valence-corrected chi connectivity index (χ2v) is 9.43. The zero-order chi connectivity index (χ0) is 24.1. The molecule has 1 rings (SSSR count). The zero-order valence-corrected chi connectivity index (χ0v) is 21.3. The van der Waals surface area contributed by atoms with Gasteiger partial charge in [0.15, 0.2) is 11.6 Å². The highest BCUT2D eigenvalue weighted by Gasteiger charge is 2.22. The van der Waals surface area contributed by atoms with Crippen molar-refractivity contribution < 1.29 is 21.9 Å². The molecule has 0 amide bonds. The Kier molecular flexibility index (Phi) is 19.6. The van der Waals surface area contributed by atoms with E-state index in [2.05, 4.69) is 40.5 Å². The van der Waals surface area contributed by atoms with Gasteiger partial charge in [0.05, 0.1) is 13.7 Å². The van der Waals surface area contributed by atoms with Crippen LogP contribution in [0.1, 0.15) is 104 Å². The molecule has 0 aromatic heterocycles. The monoisotopic (exact) mass is 474 g/mol. The van der Waals surface area contributed by atoms with Crippen molar-refractivity contribution in [1.82, 2.24) is 5.32 Å². The minimum Gasteiger partial charge on any atom is -0.366 e. The number of carbonyl (C=O) groups is 1. The second kappa shape index (κ2) is 20.4. The lowest BCUT2D eigenvalue weighted by atomic mass is 9.93. The Morgan fingerprint density at radius 2 is 1.56 bits per heavy atom. The van der Waals surface area contributed by atoms with Crippen molar-refractivity contribution in [1.29, 1.82) is 0 Å². The molecule has 0 aliphatic carbocycles. The third-order valence-electron chi connectivity index (χ3n) is 5.55. The standard InChI is InChI=1S/C23H42N2O.CH4O4S/c1-3-5-6-7-8-9-10-11-12-13-14-15-16-17-18-21(4-2)22(26)23-24-19-20-25-23;1-5-6(2,3)4/h11-12,21H,3-10,13-20H2,1-2H3,(H,24,25);1H3,(H,2,3,4). The van der Waals surface area contributed by atoms with Crippen LogP contribution in [0.5, 0.6) is 0 Å². The van der Waals surface area contributed by atoms with E-state index < -0.39 is 10.4 Å². The number of ketones is 1. The fourth-order valence-corrected chi connectivity index (χ4v) is 3.56. The number of hydrogen-bond acceptors (Lipinski definition) is 6. The van der Waals surface area contributed by atoms with Gasteiger partial charge in [-0.15, -0.1) is 0 Å². The molecule has 1 aliphatic rings. The smallest absolute Gasteiger partial charge is 0.366 e. The summed E-state index contributed by atoms with van der Waals surface area (Å²) in [6, 6.07) is 0. The Morgan fingerprint density at radius 1 is 1.03 bits per heavy atom. The molecule has 0 radical (unpaired) electrons. The van der Waals surface area contributed by atoms with Gasteiger partial charge in [0.1, 0.15) is 0 Å². The van der Waals surface area contributed by atoms with Crippen LogP contribution >= 0.6 is 0 Å². The molecule has 1 unspecified atom stereocenters. The van der Waals surface area contributed by atoms with Crippen molar-refractivity contribution >= 4 is 22.0 Å². The Labute approximate surface area is 196 Å². The van der Waals surface area contributed by atoms with Crippen molar-refractivity contribution in [3.05, 3.63) is 12.2 Å². The van der Waals surface area contributed by atoms with Crippen molar-refractivity contribution in [3.8, 4) is 0 Å². The topological polar surface area (TPSA) is 105 Å². The van der Waals surface area contributed by atoms with E-state index in [1.165, 1.54) is 77.0 Å². The van der Waals surface area contributed by atoms with Gasteiger partial charge in [0, 0.05) is 12.5 Å². The molecular formula is C24H46N2O5S. The highest BCUT2D eigenvalue weighted by Crippen LogP contribution is 2.17. The van der Waals surface area contributed by atoms with Gasteiger partial charge in [-0.2, -0.15) is 8.42 Å². The highest BCUT2D eigenvalue weighted by molar-refractivity contribution is 7.80. The molecule has 1 atom stereocenters. The summed E-state index contributed by atoms with van der Waals surface area (Å²) < 4.78 is 29.7. The maximum Gasteiger partial charge on any atom is 0.397 e. The van der Waals surface area contributed by atoms with Crippen LogP contribution in [0.2, 0.25) is 0 Å². The molecule has 32 heavy (non-hydrogen) atoms. The van der Waals surface area contributed by atoms with Crippen molar-refractivity contribution in [2.24, 2.45) is 10.9 Å². The van der Waals surface area contributed by atoms with Gasteiger partial charge in [0.25, 0.3) is 0 Å². The van der Waals surface area contributed by atoms with E-state index in [-0.39, 0.29) is 11.7 Å². The third kappa shape index (κ3) is 18.3. The van der Waals surface area contributed by atoms with E-state index in [1.54, 1.807) is 0 Å². The summed E-state index contributed by atoms with van der Waals surface area (Å²) >= 11 is 0. The van der Waals surface area contributed by atoms with Gasteiger partial charge in [-0.1, -0.05) is 77.4 Å². The number of nitrogens with one attached hydrogen (secondary N) is 1. The van der Waals surface area contributed by atoms with Crippen LogP contribution in [0, 0.1) is 5.92 Å². The molecule has 0 aromatic rings. The Morgan fingerprint density at radius 3 is 2.03 bits per heavy atom. The molecular weight excluding hydrogens is 428 g/mol. The number of Topliss-reactive ketones (excluding diaryl/α,β-unsaturated/α-hetero) is 1. The number of unbranched alkanes of at least 4 members (excludes halogenated alkanes) is 10. The first kappa shape index (κ1) is 30.8. The molecule has 0 saturated heterocycles. The van der Waals surface area contributed by atoms with E-state index >= 15 is 0 Å². The molecule has 0 spiro atoms. The average Bonchev–Trinajstić information content (AvgIpc) is 3.31. The summed E-state index contributed by atoms with van der Waals surface area (Å²) in [6.45, 7) is 5.97. The molecule has 7 nitrogen and oxygen atoms in total. The molecule has 0 fully saturated rings. The molecule has 0 bridgehead atoms. The Hall–Kier alpha value is -1.25. The average molecular weight is 475 g/mol. The van der Waals surface area contributed by atoms with Crippen LogP contribution in [-0.4, -0.2) is 44.8 Å². The SMILES string of the molecule is CCCCCCCCC=CCCCCCCC(CC)C(=O)C1=NCCN1.COS(=O)(=O)O. The predicted molar refractivity (Wildman–Crippen MR) is 132 cm³/mol. The summed E-state index contributed by atoms with van der Waals surface area (Å²) in [5, 5.41) is 3.12. The summed E-state index contributed by atoms with van der Waals surface area (Å²) in [5.74, 6) is 1.03. The van der Waals surface area contributed by atoms with Crippen molar-refractivity contribution in [2.75, 3.05) is 20.2 Å². The van der Waals surface area contributed by atoms with Crippen LogP contribution in [-0.2, 0) is 19.4 Å². The summed E-state index contributed by atoms with van der Waals surface area (Å²) in [5.41, 5.74) is 0. The molecule has 1 heterocycles. The van der Waals surface area contributed by atoms with E-state index in [4.69, 9.17) is 4.55 Å². The molecule has 2 N–H and O–H groups in total. The normalized spacial score (nSPS) is 14.6.